The number of fused-ring (bicyclic) bond motifs is 2. The number of nitrogens with zero attached hydrogens (tertiary/aromatic N) is 13. The molecule has 3 aliphatic rings. The molecule has 3 saturated heterocycles. The van der Waals surface area contributed by atoms with E-state index in [0.717, 1.165) is 42.4 Å². The summed E-state index contributed by atoms with van der Waals surface area (Å²) in [5.74, 6) is 2.52. The number of carbonyl (C=O) groups excluding carboxylic acids is 1. The average molecular weight is 1150 g/mol. The van der Waals surface area contributed by atoms with Crippen LogP contribution in [0, 0.1) is 5.82 Å². The van der Waals surface area contributed by atoms with Gasteiger partial charge in [-0.05, 0) is 101 Å². The molecule has 3 aliphatic heterocycles. The number of amides is 1. The highest BCUT2D eigenvalue weighted by Crippen LogP contribution is 2.37. The van der Waals surface area contributed by atoms with Gasteiger partial charge in [-0.3, -0.25) is 48.8 Å². The van der Waals surface area contributed by atoms with Crippen molar-refractivity contribution in [1.82, 2.24) is 73.7 Å². The van der Waals surface area contributed by atoms with Crippen LogP contribution >= 0.6 is 0 Å². The van der Waals surface area contributed by atoms with Crippen molar-refractivity contribution in [2.75, 3.05) is 13.2 Å². The highest BCUT2D eigenvalue weighted by atomic mass is 19.1. The second-order valence-corrected chi connectivity index (χ2v) is 18.9. The second-order valence-electron chi connectivity index (χ2n) is 18.9. The summed E-state index contributed by atoms with van der Waals surface area (Å²) in [6.45, 7) is 9.56. The number of aliphatic hydroxyl groups is 1. The van der Waals surface area contributed by atoms with Crippen molar-refractivity contribution in [1.29, 1.82) is 0 Å². The van der Waals surface area contributed by atoms with Gasteiger partial charge in [-0.1, -0.05) is 18.2 Å². The Morgan fingerprint density at radius 2 is 1.22 bits per heavy atom. The van der Waals surface area contributed by atoms with E-state index in [0.29, 0.717) is 80.0 Å². The molecule has 7 aromatic heterocycles. The molecule has 0 radical (unpaired) electrons. The quantitative estimate of drug-likeness (QED) is 0.0266. The number of carboxylic acid groups (broad SMARTS) is 2. The van der Waals surface area contributed by atoms with Crippen LogP contribution in [0.2, 0.25) is 0 Å². The molecule has 11 rings (SSSR count). The lowest BCUT2D eigenvalue weighted by atomic mass is 9.99. The van der Waals surface area contributed by atoms with E-state index in [1.807, 2.05) is 68.7 Å². The second kappa shape index (κ2) is 30.0. The Hall–Kier alpha value is -9.22. The third-order valence-corrected chi connectivity index (χ3v) is 13.4. The molecule has 1 amide bonds. The van der Waals surface area contributed by atoms with Crippen LogP contribution in [0.25, 0.3) is 34.2 Å². The van der Waals surface area contributed by atoms with Crippen LogP contribution in [-0.2, 0) is 58.4 Å². The average Bonchev–Trinajstić information content (AvgIpc) is 4.01. The number of epoxide rings is 1. The minimum atomic E-state index is -1.82. The molecule has 4 atom stereocenters. The van der Waals surface area contributed by atoms with Gasteiger partial charge in [-0.2, -0.15) is 5.10 Å². The molecule has 0 spiro atoms. The third kappa shape index (κ3) is 16.7. The first-order valence-electron chi connectivity index (χ1n) is 26.6. The summed E-state index contributed by atoms with van der Waals surface area (Å²) in [5.41, 5.74) is 5.01. The molecule has 2 bridgehead atoms. The molecule has 28 heteroatoms. The molecular formula is C55H65FN16O11. The molecule has 0 saturated carbocycles. The molecule has 27 nitrogen and oxygen atoms in total. The number of ether oxygens (including phenoxy) is 2. The Morgan fingerprint density at radius 3 is 1.69 bits per heavy atom. The molecule has 438 valence electrons. The summed E-state index contributed by atoms with van der Waals surface area (Å²) in [7, 11) is 0. The fraction of sp³-hybridized carbons (Fsp3) is 0.364. The largest absolute Gasteiger partial charge is 0.473 e. The number of carboxylic acids is 2. The number of pyridine rings is 4. The predicted octanol–water partition coefficient (Wildman–Crippen LogP) is 2.86. The summed E-state index contributed by atoms with van der Waals surface area (Å²) in [6.07, 6.45) is 16.6. The molecule has 0 aliphatic carbocycles. The van der Waals surface area contributed by atoms with Crippen molar-refractivity contribution in [2.45, 2.75) is 116 Å². The maximum atomic E-state index is 13.9. The highest BCUT2D eigenvalue weighted by molar-refractivity contribution is 6.27. The van der Waals surface area contributed by atoms with Gasteiger partial charge in [0.15, 0.2) is 17.5 Å². The van der Waals surface area contributed by atoms with Crippen molar-refractivity contribution in [2.24, 2.45) is 5.84 Å². The van der Waals surface area contributed by atoms with Gasteiger partial charge < -0.3 is 24.8 Å². The van der Waals surface area contributed by atoms with Crippen LogP contribution in [0.1, 0.15) is 62.4 Å². The first kappa shape index (κ1) is 61.4. The summed E-state index contributed by atoms with van der Waals surface area (Å²) in [4.78, 5) is 83.5. The molecular weight excluding hydrogens is 1080 g/mol. The van der Waals surface area contributed by atoms with Crippen molar-refractivity contribution in [3.63, 3.8) is 0 Å². The lowest BCUT2D eigenvalue weighted by Crippen LogP contribution is -2.49. The number of nitrogens with one attached hydrogen (secondary N) is 2. The van der Waals surface area contributed by atoms with Gasteiger partial charge in [0, 0.05) is 110 Å². The van der Waals surface area contributed by atoms with Crippen molar-refractivity contribution in [3.05, 3.63) is 171 Å². The number of hydrazine groups is 1. The van der Waals surface area contributed by atoms with Crippen LogP contribution in [0.15, 0.2) is 137 Å². The van der Waals surface area contributed by atoms with Gasteiger partial charge in [-0.15, -0.1) is 10.2 Å². The summed E-state index contributed by atoms with van der Waals surface area (Å²) < 4.78 is 32.8. The number of piperidine rings is 1. The number of nitrogen functional groups attached to an aromatic ring is 1. The molecule has 8 aromatic rings. The van der Waals surface area contributed by atoms with Crippen molar-refractivity contribution in [3.8, 4) is 34.2 Å². The fourth-order valence-electron chi connectivity index (χ4n) is 9.36. The monoisotopic (exact) mass is 1140 g/mol. The smallest absolute Gasteiger partial charge is 0.414 e. The number of rotatable bonds is 16. The Labute approximate surface area is 473 Å². The Morgan fingerprint density at radius 1 is 0.711 bits per heavy atom. The maximum absolute atomic E-state index is 13.9. The zero-order chi connectivity index (χ0) is 59.4. The Kier molecular flexibility index (Phi) is 22.2. The molecule has 4 unspecified atom stereocenters. The highest BCUT2D eigenvalue weighted by Gasteiger charge is 2.42. The van der Waals surface area contributed by atoms with Crippen LogP contribution in [0.5, 0.6) is 0 Å². The number of H-pyrrole nitrogens is 1. The van der Waals surface area contributed by atoms with Crippen LogP contribution in [0.3, 0.4) is 0 Å². The summed E-state index contributed by atoms with van der Waals surface area (Å²) >= 11 is 0. The molecule has 10 heterocycles. The van der Waals surface area contributed by atoms with E-state index in [1.165, 1.54) is 21.6 Å². The number of hydrogen-bond acceptors (Lipinski definition) is 18. The van der Waals surface area contributed by atoms with Gasteiger partial charge in [0.1, 0.15) is 11.9 Å². The van der Waals surface area contributed by atoms with E-state index in [2.05, 4.69) is 45.2 Å². The molecule has 7 N–H and O–H groups in total. The van der Waals surface area contributed by atoms with Gasteiger partial charge in [0.05, 0.1) is 44.1 Å². The Bertz CT molecular complexity index is 3510. The molecule has 3 fully saturated rings. The van der Waals surface area contributed by atoms with E-state index in [9.17, 15) is 28.7 Å². The zero-order valence-electron chi connectivity index (χ0n) is 45.8. The number of hydrogen-bond donors (Lipinski definition) is 6. The minimum Gasteiger partial charge on any atom is -0.473 e. The number of aliphatic carboxylic acids is 2. The standard InChI is InChI=1S/C26H32FN5O3.C12H14N4O2.C9H10N4O.C6H7N3O.C2H2O4/c1-2-30-25(18-7-5-11-28-14-18)29-32(26(30)34)16-22(33)15-31-20-9-10-21(31)13-23(12-20)35-17-19-6-3-4-8-24(19)27;1-2-15-11(9-4-3-5-13-6-9)14-16(12(15)17)7-10-8-18-10;1-2-13-8(11-12-9(13)14)7-4-3-5-10-6-7;7-9-6(10)5-2-1-3-8-4-5;3-1(4)2(5)6/h3-8,11,14,20-23,33H,2,9-10,12-13,15-17H2,1H3;3-6,10H,2,7-8H2,1H3;3-6H,2H2,1H3,(H,12,14);1-4H,7H2,(H,9,10);(H,3,4)(H,5,6). The minimum absolute atomic E-state index is 0.0883. The van der Waals surface area contributed by atoms with E-state index in [-0.39, 0.29) is 54.2 Å². The van der Waals surface area contributed by atoms with Gasteiger partial charge in [0.25, 0.3) is 5.91 Å². The van der Waals surface area contributed by atoms with E-state index < -0.39 is 18.0 Å². The fourth-order valence-corrected chi connectivity index (χ4v) is 9.36. The van der Waals surface area contributed by atoms with Crippen molar-refractivity contribution >= 4 is 17.8 Å². The first-order chi connectivity index (χ1) is 40.1. The number of aliphatic hydroxyl groups excluding tert-OH is 1. The maximum Gasteiger partial charge on any atom is 0.414 e. The van der Waals surface area contributed by atoms with Gasteiger partial charge in [-0.25, -0.2) is 48.7 Å². The SMILES string of the molecule is CCn1c(-c2cccnc2)n[nH]c1=O.CCn1c(-c2cccnc2)nn(CC(O)CN2C3CCC2CC(OCc2ccccc2F)C3)c1=O.CCn1c(-c2cccnc2)nn(CC2CO2)c1=O.NNC(=O)c1cccnc1.O=C(O)C(=O)O. The van der Waals surface area contributed by atoms with Gasteiger partial charge >= 0.3 is 29.0 Å². The third-order valence-electron chi connectivity index (χ3n) is 13.4. The number of aromatic amines is 1. The number of aromatic nitrogens is 13. The lowest BCUT2D eigenvalue weighted by Gasteiger charge is -2.39. The number of nitrogens with two attached hydrogens (primary N) is 1. The number of benzene rings is 1. The zero-order valence-corrected chi connectivity index (χ0v) is 45.8. The van der Waals surface area contributed by atoms with Crippen LogP contribution in [0.4, 0.5) is 4.39 Å². The lowest BCUT2D eigenvalue weighted by molar-refractivity contribution is -0.159. The van der Waals surface area contributed by atoms with E-state index in [4.69, 9.17) is 35.1 Å². The Balaban J connectivity index is 0.000000171. The van der Waals surface area contributed by atoms with E-state index in [1.54, 1.807) is 81.3 Å². The summed E-state index contributed by atoms with van der Waals surface area (Å²) in [6, 6.07) is 21.8. The summed E-state index contributed by atoms with van der Waals surface area (Å²) in [5, 5.41) is 40.9. The molecule has 1 aromatic carbocycles. The van der Waals surface area contributed by atoms with Gasteiger partial charge in [0.2, 0.25) is 0 Å². The predicted molar refractivity (Wildman–Crippen MR) is 297 cm³/mol. The van der Waals surface area contributed by atoms with E-state index >= 15 is 0 Å². The van der Waals surface area contributed by atoms with Crippen molar-refractivity contribution < 1.29 is 43.6 Å². The normalized spacial score (nSPS) is 16.9. The number of carbonyl (C=O) groups is 3. The number of halogens is 1. The van der Waals surface area contributed by atoms with Crippen LogP contribution in [-0.4, -0.2) is 145 Å². The topological polar surface area (TPSA) is 357 Å². The molecule has 83 heavy (non-hydrogen) atoms. The first-order valence-corrected chi connectivity index (χ1v) is 26.6. The van der Waals surface area contributed by atoms with Crippen LogP contribution < -0.4 is 28.3 Å².